The van der Waals surface area contributed by atoms with Crippen LogP contribution in [0.15, 0.2) is 9.37 Å². The second kappa shape index (κ2) is 5.12. The SMILES string of the molecule is Cc1nsc(Sc2nc(Cl)nc(C)c2[N+](=O)[O-])n1. The summed E-state index contributed by atoms with van der Waals surface area (Å²) in [6.45, 7) is 3.26. The molecule has 0 amide bonds. The Labute approximate surface area is 115 Å². The Kier molecular flexibility index (Phi) is 3.73. The van der Waals surface area contributed by atoms with E-state index in [2.05, 4.69) is 19.3 Å². The minimum absolute atomic E-state index is 0.0261. The van der Waals surface area contributed by atoms with Crippen molar-refractivity contribution >= 4 is 40.6 Å². The third kappa shape index (κ3) is 2.74. The second-order valence-electron chi connectivity index (χ2n) is 3.20. The quantitative estimate of drug-likeness (QED) is 0.372. The van der Waals surface area contributed by atoms with Crippen LogP contribution in [0.4, 0.5) is 5.69 Å². The third-order valence-corrected chi connectivity index (χ3v) is 3.86. The second-order valence-corrected chi connectivity index (χ2v) is 5.52. The number of nitrogens with zero attached hydrogens (tertiary/aromatic N) is 5. The molecule has 2 heterocycles. The largest absolute Gasteiger partial charge is 0.322 e. The van der Waals surface area contributed by atoms with E-state index >= 15 is 0 Å². The van der Waals surface area contributed by atoms with E-state index in [-0.39, 0.29) is 21.7 Å². The van der Waals surface area contributed by atoms with E-state index < -0.39 is 4.92 Å². The van der Waals surface area contributed by atoms with Crippen LogP contribution >= 0.6 is 34.9 Å². The summed E-state index contributed by atoms with van der Waals surface area (Å²) < 4.78 is 4.57. The first-order valence-electron chi connectivity index (χ1n) is 4.64. The van der Waals surface area contributed by atoms with E-state index in [1.54, 1.807) is 6.92 Å². The highest BCUT2D eigenvalue weighted by Crippen LogP contribution is 2.35. The predicted octanol–water partition coefficient (Wildman–Crippen LogP) is 2.66. The minimum Gasteiger partial charge on any atom is -0.258 e. The highest BCUT2D eigenvalue weighted by Gasteiger charge is 2.23. The first-order valence-corrected chi connectivity index (χ1v) is 6.61. The van der Waals surface area contributed by atoms with Crippen LogP contribution < -0.4 is 0 Å². The average Bonchev–Trinajstić information content (AvgIpc) is 2.62. The van der Waals surface area contributed by atoms with Crippen LogP contribution in [-0.4, -0.2) is 24.2 Å². The van der Waals surface area contributed by atoms with Crippen molar-refractivity contribution in [1.82, 2.24) is 19.3 Å². The summed E-state index contributed by atoms with van der Waals surface area (Å²) >= 11 is 7.92. The lowest BCUT2D eigenvalue weighted by atomic mass is 10.4. The zero-order valence-electron chi connectivity index (χ0n) is 9.25. The summed E-state index contributed by atoms with van der Waals surface area (Å²) in [4.78, 5) is 22.2. The van der Waals surface area contributed by atoms with Crippen molar-refractivity contribution < 1.29 is 4.92 Å². The highest BCUT2D eigenvalue weighted by molar-refractivity contribution is 8.01. The Balaban J connectivity index is 2.45. The number of hydrogen-bond acceptors (Lipinski definition) is 8. The number of halogens is 1. The molecule has 10 heteroatoms. The van der Waals surface area contributed by atoms with Gasteiger partial charge >= 0.3 is 5.69 Å². The molecule has 0 radical (unpaired) electrons. The molecule has 0 aliphatic heterocycles. The van der Waals surface area contributed by atoms with Gasteiger partial charge in [0.2, 0.25) is 5.28 Å². The van der Waals surface area contributed by atoms with Crippen LogP contribution in [0.5, 0.6) is 0 Å². The molecule has 2 aromatic heterocycles. The molecule has 2 aromatic rings. The number of nitro groups is 1. The number of hydrogen-bond donors (Lipinski definition) is 0. The lowest BCUT2D eigenvalue weighted by Gasteiger charge is -2.02. The Morgan fingerprint density at radius 3 is 2.61 bits per heavy atom. The molecule has 0 fully saturated rings. The van der Waals surface area contributed by atoms with Crippen molar-refractivity contribution in [3.05, 3.63) is 26.9 Å². The van der Waals surface area contributed by atoms with E-state index in [0.717, 1.165) is 23.3 Å². The lowest BCUT2D eigenvalue weighted by molar-refractivity contribution is -0.389. The Morgan fingerprint density at radius 2 is 2.06 bits per heavy atom. The van der Waals surface area contributed by atoms with Crippen molar-refractivity contribution in [3.63, 3.8) is 0 Å². The Morgan fingerprint density at radius 1 is 1.33 bits per heavy atom. The van der Waals surface area contributed by atoms with Crippen LogP contribution in [0.1, 0.15) is 11.5 Å². The number of aryl methyl sites for hydroxylation is 2. The fraction of sp³-hybridized carbons (Fsp3) is 0.250. The van der Waals surface area contributed by atoms with Gasteiger partial charge in [0.05, 0.1) is 4.92 Å². The van der Waals surface area contributed by atoms with E-state index in [9.17, 15) is 10.1 Å². The summed E-state index contributed by atoms with van der Waals surface area (Å²) in [7, 11) is 0. The first kappa shape index (κ1) is 13.1. The molecule has 0 aliphatic carbocycles. The molecule has 0 aliphatic rings. The van der Waals surface area contributed by atoms with Crippen LogP contribution in [0, 0.1) is 24.0 Å². The van der Waals surface area contributed by atoms with Gasteiger partial charge in [-0.25, -0.2) is 15.0 Å². The van der Waals surface area contributed by atoms with Gasteiger partial charge in [0.25, 0.3) is 0 Å². The lowest BCUT2D eigenvalue weighted by Crippen LogP contribution is -2.00. The highest BCUT2D eigenvalue weighted by atomic mass is 35.5. The molecule has 0 unspecified atom stereocenters. The van der Waals surface area contributed by atoms with Crippen LogP contribution in [-0.2, 0) is 0 Å². The monoisotopic (exact) mass is 303 g/mol. The van der Waals surface area contributed by atoms with Gasteiger partial charge in [-0.15, -0.1) is 0 Å². The molecule has 0 saturated heterocycles. The molecule has 2 rings (SSSR count). The zero-order valence-corrected chi connectivity index (χ0v) is 11.6. The number of rotatable bonds is 3. The van der Waals surface area contributed by atoms with Crippen LogP contribution in [0.3, 0.4) is 0 Å². The summed E-state index contributed by atoms with van der Waals surface area (Å²) in [5.74, 6) is 0.613. The molecule has 0 N–H and O–H groups in total. The summed E-state index contributed by atoms with van der Waals surface area (Å²) in [5, 5.41) is 11.1. The Hall–Kier alpha value is -1.32. The zero-order chi connectivity index (χ0) is 13.3. The Bertz CT molecular complexity index is 618. The predicted molar refractivity (Wildman–Crippen MR) is 67.2 cm³/mol. The molecular formula is C8H6ClN5O2S2. The maximum atomic E-state index is 11.0. The first-order chi connectivity index (χ1) is 8.47. The fourth-order valence-corrected chi connectivity index (χ4v) is 3.17. The van der Waals surface area contributed by atoms with E-state index in [1.165, 1.54) is 6.92 Å². The maximum Gasteiger partial charge on any atom is 0.322 e. The normalized spacial score (nSPS) is 10.6. The van der Waals surface area contributed by atoms with Gasteiger partial charge in [-0.05, 0) is 48.7 Å². The van der Waals surface area contributed by atoms with Gasteiger partial charge < -0.3 is 0 Å². The average molecular weight is 304 g/mol. The van der Waals surface area contributed by atoms with Crippen molar-refractivity contribution in [2.75, 3.05) is 0 Å². The van der Waals surface area contributed by atoms with Crippen LogP contribution in [0.25, 0.3) is 0 Å². The minimum atomic E-state index is -0.526. The van der Waals surface area contributed by atoms with E-state index in [4.69, 9.17) is 11.6 Å². The number of aromatic nitrogens is 4. The molecule has 0 bridgehead atoms. The molecule has 18 heavy (non-hydrogen) atoms. The molecular weight excluding hydrogens is 298 g/mol. The molecule has 7 nitrogen and oxygen atoms in total. The molecule has 0 spiro atoms. The van der Waals surface area contributed by atoms with E-state index in [0.29, 0.717) is 10.2 Å². The molecule has 0 atom stereocenters. The van der Waals surface area contributed by atoms with Crippen molar-refractivity contribution in [1.29, 1.82) is 0 Å². The summed E-state index contributed by atoms with van der Waals surface area (Å²) in [6.07, 6.45) is 0. The van der Waals surface area contributed by atoms with Gasteiger partial charge in [-0.1, -0.05) is 0 Å². The summed E-state index contributed by atoms with van der Waals surface area (Å²) in [5.41, 5.74) is 0.0704. The molecule has 94 valence electrons. The molecule has 0 saturated carbocycles. The van der Waals surface area contributed by atoms with Crippen molar-refractivity contribution in [2.45, 2.75) is 23.2 Å². The molecule has 0 aromatic carbocycles. The van der Waals surface area contributed by atoms with Gasteiger partial charge in [0, 0.05) is 0 Å². The fourth-order valence-electron chi connectivity index (χ4n) is 1.19. The van der Waals surface area contributed by atoms with Gasteiger partial charge in [0.15, 0.2) is 9.37 Å². The van der Waals surface area contributed by atoms with E-state index in [1.807, 2.05) is 0 Å². The van der Waals surface area contributed by atoms with Crippen molar-refractivity contribution in [3.8, 4) is 0 Å². The topological polar surface area (TPSA) is 94.7 Å². The van der Waals surface area contributed by atoms with Gasteiger partial charge in [-0.2, -0.15) is 4.37 Å². The van der Waals surface area contributed by atoms with Gasteiger partial charge in [0.1, 0.15) is 11.5 Å². The maximum absolute atomic E-state index is 11.0. The van der Waals surface area contributed by atoms with Crippen molar-refractivity contribution in [2.24, 2.45) is 0 Å². The summed E-state index contributed by atoms with van der Waals surface area (Å²) in [6, 6.07) is 0. The van der Waals surface area contributed by atoms with Gasteiger partial charge in [-0.3, -0.25) is 10.1 Å². The van der Waals surface area contributed by atoms with Crippen LogP contribution in [0.2, 0.25) is 5.28 Å². The standard InChI is InChI=1S/C8H6ClN5O2S2/c1-3-5(14(15)16)6(12-7(9)10-3)17-8-11-4(2)13-18-8/h1-2H3. The third-order valence-electron chi connectivity index (χ3n) is 1.87. The smallest absolute Gasteiger partial charge is 0.258 e.